The molecule has 1 N–H and O–H groups in total. The molecule has 0 aliphatic rings. The van der Waals surface area contributed by atoms with Gasteiger partial charge in [-0.25, -0.2) is 0 Å². The predicted molar refractivity (Wildman–Crippen MR) is 100 cm³/mol. The highest BCUT2D eigenvalue weighted by molar-refractivity contribution is 5.91. The molecule has 0 aliphatic heterocycles. The topological polar surface area (TPSA) is 28.7 Å². The largest absolute Gasteiger partial charge is 0.354 e. The summed E-state index contributed by atoms with van der Waals surface area (Å²) in [6.07, 6.45) is 2.90. The van der Waals surface area contributed by atoms with Gasteiger partial charge in [0, 0.05) is 28.7 Å². The molecule has 2 nitrogen and oxygen atoms in total. The SMILES string of the molecule is CCC(c1ccccn1)c1c(-c2ccccc2)[nH]c2ccccc12. The number of hydrogen-bond donors (Lipinski definition) is 1. The lowest BCUT2D eigenvalue weighted by molar-refractivity contribution is 0.756. The van der Waals surface area contributed by atoms with Crippen LogP contribution in [-0.4, -0.2) is 9.97 Å². The van der Waals surface area contributed by atoms with E-state index in [1.165, 1.54) is 27.7 Å². The predicted octanol–water partition coefficient (Wildman–Crippen LogP) is 5.77. The summed E-state index contributed by atoms with van der Waals surface area (Å²) in [4.78, 5) is 8.27. The Morgan fingerprint density at radius 2 is 1.62 bits per heavy atom. The fourth-order valence-electron chi connectivity index (χ4n) is 3.50. The maximum Gasteiger partial charge on any atom is 0.0504 e. The van der Waals surface area contributed by atoms with Crippen molar-refractivity contribution in [2.75, 3.05) is 0 Å². The van der Waals surface area contributed by atoms with Gasteiger partial charge in [-0.05, 0) is 35.7 Å². The normalized spacial score (nSPS) is 12.4. The van der Waals surface area contributed by atoms with E-state index < -0.39 is 0 Å². The Morgan fingerprint density at radius 3 is 2.38 bits per heavy atom. The molecule has 4 rings (SSSR count). The van der Waals surface area contributed by atoms with Gasteiger partial charge in [0.2, 0.25) is 0 Å². The van der Waals surface area contributed by atoms with E-state index in [2.05, 4.69) is 83.6 Å². The molecule has 0 saturated heterocycles. The van der Waals surface area contributed by atoms with Crippen molar-refractivity contribution < 1.29 is 0 Å². The van der Waals surface area contributed by atoms with Gasteiger partial charge in [-0.2, -0.15) is 0 Å². The van der Waals surface area contributed by atoms with Crippen LogP contribution in [0.1, 0.15) is 30.5 Å². The van der Waals surface area contributed by atoms with E-state index in [1.54, 1.807) is 0 Å². The Labute approximate surface area is 142 Å². The minimum Gasteiger partial charge on any atom is -0.354 e. The maximum atomic E-state index is 4.63. The number of rotatable bonds is 4. The Kier molecular flexibility index (Phi) is 3.87. The van der Waals surface area contributed by atoms with Gasteiger partial charge in [-0.15, -0.1) is 0 Å². The smallest absolute Gasteiger partial charge is 0.0504 e. The number of fused-ring (bicyclic) bond motifs is 1. The molecule has 118 valence electrons. The van der Waals surface area contributed by atoms with Crippen LogP contribution in [-0.2, 0) is 0 Å². The molecule has 0 spiro atoms. The van der Waals surface area contributed by atoms with Crippen molar-refractivity contribution in [3.05, 3.63) is 90.3 Å². The zero-order chi connectivity index (χ0) is 16.4. The van der Waals surface area contributed by atoms with Crippen molar-refractivity contribution in [1.82, 2.24) is 9.97 Å². The van der Waals surface area contributed by atoms with Gasteiger partial charge in [0.05, 0.1) is 5.69 Å². The first-order valence-electron chi connectivity index (χ1n) is 8.45. The highest BCUT2D eigenvalue weighted by atomic mass is 14.7. The molecule has 0 saturated carbocycles. The molecule has 24 heavy (non-hydrogen) atoms. The van der Waals surface area contributed by atoms with E-state index >= 15 is 0 Å². The van der Waals surface area contributed by atoms with Crippen molar-refractivity contribution >= 4 is 10.9 Å². The number of para-hydroxylation sites is 1. The van der Waals surface area contributed by atoms with Crippen molar-refractivity contribution in [3.8, 4) is 11.3 Å². The zero-order valence-corrected chi connectivity index (χ0v) is 13.7. The molecule has 0 fully saturated rings. The van der Waals surface area contributed by atoms with E-state index in [-0.39, 0.29) is 5.92 Å². The fraction of sp³-hybridized carbons (Fsp3) is 0.136. The minimum absolute atomic E-state index is 0.276. The molecule has 4 aromatic rings. The monoisotopic (exact) mass is 312 g/mol. The van der Waals surface area contributed by atoms with Gasteiger partial charge < -0.3 is 4.98 Å². The number of H-pyrrole nitrogens is 1. The average Bonchev–Trinajstić information content (AvgIpc) is 3.04. The minimum atomic E-state index is 0.276. The summed E-state index contributed by atoms with van der Waals surface area (Å²) in [6, 6.07) is 25.3. The molecule has 2 aromatic carbocycles. The Bertz CT molecular complexity index is 940. The van der Waals surface area contributed by atoms with Crippen LogP contribution in [0.4, 0.5) is 0 Å². The van der Waals surface area contributed by atoms with Gasteiger partial charge in [0.25, 0.3) is 0 Å². The van der Waals surface area contributed by atoms with Crippen molar-refractivity contribution in [1.29, 1.82) is 0 Å². The third kappa shape index (κ3) is 2.50. The second kappa shape index (κ2) is 6.32. The third-order valence-electron chi connectivity index (χ3n) is 4.61. The highest BCUT2D eigenvalue weighted by Crippen LogP contribution is 2.39. The van der Waals surface area contributed by atoms with E-state index in [0.717, 1.165) is 12.1 Å². The number of benzene rings is 2. The van der Waals surface area contributed by atoms with Crippen LogP contribution in [0.3, 0.4) is 0 Å². The van der Waals surface area contributed by atoms with Crippen LogP contribution >= 0.6 is 0 Å². The van der Waals surface area contributed by atoms with E-state index in [0.29, 0.717) is 0 Å². The number of pyridine rings is 1. The van der Waals surface area contributed by atoms with Crippen LogP contribution in [0.2, 0.25) is 0 Å². The highest BCUT2D eigenvalue weighted by Gasteiger charge is 2.22. The van der Waals surface area contributed by atoms with Gasteiger partial charge in [0.1, 0.15) is 0 Å². The van der Waals surface area contributed by atoms with Crippen molar-refractivity contribution in [2.24, 2.45) is 0 Å². The first-order chi connectivity index (χ1) is 11.9. The lowest BCUT2D eigenvalue weighted by Gasteiger charge is -2.16. The Morgan fingerprint density at radius 1 is 0.875 bits per heavy atom. The van der Waals surface area contributed by atoms with Crippen LogP contribution in [0.5, 0.6) is 0 Å². The molecule has 0 bridgehead atoms. The fourth-order valence-corrected chi connectivity index (χ4v) is 3.50. The standard InChI is InChI=1S/C22H20N2/c1-2-17(19-13-8-9-15-23-19)21-18-12-6-7-14-20(18)24-22(21)16-10-4-3-5-11-16/h3-15,17,24H,2H2,1H3. The zero-order valence-electron chi connectivity index (χ0n) is 13.7. The summed E-state index contributed by atoms with van der Waals surface area (Å²) in [5, 5.41) is 1.29. The first kappa shape index (κ1) is 14.7. The number of hydrogen-bond acceptors (Lipinski definition) is 1. The summed E-state index contributed by atoms with van der Waals surface area (Å²) in [6.45, 7) is 2.23. The summed E-state index contributed by atoms with van der Waals surface area (Å²) in [5.74, 6) is 0.276. The number of nitrogens with one attached hydrogen (secondary N) is 1. The number of nitrogens with zero attached hydrogens (tertiary/aromatic N) is 1. The molecule has 0 aliphatic carbocycles. The quantitative estimate of drug-likeness (QED) is 0.509. The Hall–Kier alpha value is -2.87. The van der Waals surface area contributed by atoms with E-state index in [1.807, 2.05) is 12.3 Å². The molecule has 1 atom stereocenters. The molecular formula is C22H20N2. The summed E-state index contributed by atoms with van der Waals surface area (Å²) >= 11 is 0. The lowest BCUT2D eigenvalue weighted by atomic mass is 9.88. The van der Waals surface area contributed by atoms with Gasteiger partial charge in [-0.3, -0.25) is 4.98 Å². The third-order valence-corrected chi connectivity index (χ3v) is 4.61. The number of aromatic amines is 1. The molecule has 2 heteroatoms. The van der Waals surface area contributed by atoms with E-state index in [9.17, 15) is 0 Å². The van der Waals surface area contributed by atoms with Crippen LogP contribution in [0, 0.1) is 0 Å². The summed E-state index contributed by atoms with van der Waals surface area (Å²) in [5.41, 5.74) is 6.08. The molecule has 2 aromatic heterocycles. The van der Waals surface area contributed by atoms with E-state index in [4.69, 9.17) is 0 Å². The maximum absolute atomic E-state index is 4.63. The molecule has 0 amide bonds. The summed E-state index contributed by atoms with van der Waals surface area (Å²) in [7, 11) is 0. The van der Waals surface area contributed by atoms with Crippen LogP contribution in [0.25, 0.3) is 22.2 Å². The van der Waals surface area contributed by atoms with Crippen LogP contribution in [0.15, 0.2) is 79.0 Å². The van der Waals surface area contributed by atoms with Gasteiger partial charge >= 0.3 is 0 Å². The molecule has 0 radical (unpaired) electrons. The molecule has 1 unspecified atom stereocenters. The second-order valence-electron chi connectivity index (χ2n) is 6.04. The van der Waals surface area contributed by atoms with Gasteiger partial charge in [-0.1, -0.05) is 61.5 Å². The van der Waals surface area contributed by atoms with Gasteiger partial charge in [0.15, 0.2) is 0 Å². The van der Waals surface area contributed by atoms with Crippen LogP contribution < -0.4 is 0 Å². The first-order valence-corrected chi connectivity index (χ1v) is 8.45. The second-order valence-corrected chi connectivity index (χ2v) is 6.04. The van der Waals surface area contributed by atoms with Crippen molar-refractivity contribution in [3.63, 3.8) is 0 Å². The average molecular weight is 312 g/mol. The van der Waals surface area contributed by atoms with Crippen molar-refractivity contribution in [2.45, 2.75) is 19.3 Å². The lowest BCUT2D eigenvalue weighted by Crippen LogP contribution is -2.03. The summed E-state index contributed by atoms with van der Waals surface area (Å²) < 4.78 is 0. The Balaban J connectivity index is 1.99. The number of aromatic nitrogens is 2. The molecule has 2 heterocycles. The molecular weight excluding hydrogens is 292 g/mol.